The molecule has 4 aromatic rings. The number of fused-ring (bicyclic) bond motifs is 1. The van der Waals surface area contributed by atoms with Gasteiger partial charge in [-0.25, -0.2) is 9.97 Å². The number of H-pyrrole nitrogens is 1. The van der Waals surface area contributed by atoms with E-state index in [1.807, 2.05) is 60.8 Å². The minimum absolute atomic E-state index is 0.725. The maximum atomic E-state index is 5.95. The maximum absolute atomic E-state index is 5.95. The molecule has 0 aliphatic rings. The first-order valence-electron chi connectivity index (χ1n) is 9.65. The third-order valence-corrected chi connectivity index (χ3v) is 5.06. The molecule has 0 saturated carbocycles. The van der Waals surface area contributed by atoms with Gasteiger partial charge >= 0.3 is 0 Å². The molecule has 0 spiro atoms. The number of pyridine rings is 1. The van der Waals surface area contributed by atoms with Crippen molar-refractivity contribution >= 4 is 28.6 Å². The van der Waals surface area contributed by atoms with Crippen LogP contribution in [0.5, 0.6) is 0 Å². The standard InChI is InChI=1S/C24H21ClN4/c1-3-29(4-2)24-27-22-14-6-17(15-23(22)28-24)5-12-21-13-9-19(16-26-21)18-7-10-20(25)11-8-18/h6-11,13-16H,3-4H2,1-2H3,(H,27,28). The Balaban J connectivity index is 1.55. The lowest BCUT2D eigenvalue weighted by Crippen LogP contribution is -2.22. The summed E-state index contributed by atoms with van der Waals surface area (Å²) < 4.78 is 0. The summed E-state index contributed by atoms with van der Waals surface area (Å²) in [6.45, 7) is 6.08. The van der Waals surface area contributed by atoms with E-state index in [0.29, 0.717) is 0 Å². The Hall–Kier alpha value is -3.29. The van der Waals surface area contributed by atoms with Gasteiger partial charge in [-0.05, 0) is 61.7 Å². The summed E-state index contributed by atoms with van der Waals surface area (Å²) in [6.07, 6.45) is 1.84. The van der Waals surface area contributed by atoms with Crippen LogP contribution in [0.1, 0.15) is 25.1 Å². The Morgan fingerprint density at radius 3 is 2.38 bits per heavy atom. The molecule has 0 amide bonds. The predicted octanol–water partition coefficient (Wildman–Crippen LogP) is 5.52. The van der Waals surface area contributed by atoms with Crippen LogP contribution in [0.4, 0.5) is 5.95 Å². The largest absolute Gasteiger partial charge is 0.343 e. The number of anilines is 1. The van der Waals surface area contributed by atoms with Gasteiger partial charge in [-0.2, -0.15) is 0 Å². The number of benzene rings is 2. The summed E-state index contributed by atoms with van der Waals surface area (Å²) in [5.41, 5.74) is 5.71. The second-order valence-electron chi connectivity index (χ2n) is 6.65. The fourth-order valence-corrected chi connectivity index (χ4v) is 3.29. The molecule has 2 heterocycles. The van der Waals surface area contributed by atoms with Gasteiger partial charge in [0.2, 0.25) is 5.95 Å². The van der Waals surface area contributed by atoms with Gasteiger partial charge in [0.1, 0.15) is 5.69 Å². The number of hydrogen-bond donors (Lipinski definition) is 1. The zero-order chi connectivity index (χ0) is 20.2. The highest BCUT2D eigenvalue weighted by atomic mass is 35.5. The number of nitrogens with one attached hydrogen (secondary N) is 1. The number of imidazole rings is 1. The molecular weight excluding hydrogens is 380 g/mol. The minimum atomic E-state index is 0.725. The first-order valence-corrected chi connectivity index (χ1v) is 10.0. The van der Waals surface area contributed by atoms with E-state index in [2.05, 4.69) is 45.5 Å². The summed E-state index contributed by atoms with van der Waals surface area (Å²) in [6, 6.07) is 17.7. The molecule has 0 aliphatic heterocycles. The molecule has 2 aromatic carbocycles. The summed E-state index contributed by atoms with van der Waals surface area (Å²) in [4.78, 5) is 14.7. The Bertz CT molecular complexity index is 1180. The summed E-state index contributed by atoms with van der Waals surface area (Å²) in [5.74, 6) is 7.23. The summed E-state index contributed by atoms with van der Waals surface area (Å²) in [7, 11) is 0. The number of rotatable bonds is 4. The van der Waals surface area contributed by atoms with Crippen molar-refractivity contribution in [3.8, 4) is 23.0 Å². The highest BCUT2D eigenvalue weighted by Crippen LogP contribution is 2.21. The van der Waals surface area contributed by atoms with Crippen LogP contribution in [-0.4, -0.2) is 28.0 Å². The number of hydrogen-bond acceptors (Lipinski definition) is 3. The zero-order valence-electron chi connectivity index (χ0n) is 16.4. The molecule has 4 rings (SSSR count). The Morgan fingerprint density at radius 2 is 1.69 bits per heavy atom. The summed E-state index contributed by atoms with van der Waals surface area (Å²) in [5, 5.41) is 0.725. The van der Waals surface area contributed by atoms with Gasteiger partial charge in [0, 0.05) is 35.4 Å². The molecule has 0 fully saturated rings. The second kappa shape index (κ2) is 8.38. The monoisotopic (exact) mass is 400 g/mol. The van der Waals surface area contributed by atoms with Crippen LogP contribution in [0, 0.1) is 11.8 Å². The third kappa shape index (κ3) is 4.26. The Kier molecular flexibility index (Phi) is 5.50. The molecule has 1 N–H and O–H groups in total. The lowest BCUT2D eigenvalue weighted by Gasteiger charge is -2.16. The normalized spacial score (nSPS) is 10.6. The van der Waals surface area contributed by atoms with Crippen molar-refractivity contribution in [2.45, 2.75) is 13.8 Å². The van der Waals surface area contributed by atoms with Crippen molar-refractivity contribution in [1.29, 1.82) is 0 Å². The molecular formula is C24H21ClN4. The van der Waals surface area contributed by atoms with Crippen LogP contribution in [0.3, 0.4) is 0 Å². The van der Waals surface area contributed by atoms with Gasteiger partial charge in [0.05, 0.1) is 11.0 Å². The number of nitrogens with zero attached hydrogens (tertiary/aromatic N) is 3. The van der Waals surface area contributed by atoms with Crippen molar-refractivity contribution in [2.75, 3.05) is 18.0 Å². The van der Waals surface area contributed by atoms with Crippen LogP contribution in [0.2, 0.25) is 5.02 Å². The van der Waals surface area contributed by atoms with E-state index in [0.717, 1.165) is 57.5 Å². The average molecular weight is 401 g/mol. The van der Waals surface area contributed by atoms with Crippen molar-refractivity contribution < 1.29 is 0 Å². The molecule has 2 aromatic heterocycles. The van der Waals surface area contributed by atoms with Crippen molar-refractivity contribution in [3.63, 3.8) is 0 Å². The van der Waals surface area contributed by atoms with Crippen LogP contribution in [0.25, 0.3) is 22.2 Å². The molecule has 5 heteroatoms. The molecule has 0 aliphatic carbocycles. The van der Waals surface area contributed by atoms with E-state index in [9.17, 15) is 0 Å². The lowest BCUT2D eigenvalue weighted by atomic mass is 10.1. The highest BCUT2D eigenvalue weighted by Gasteiger charge is 2.08. The quantitative estimate of drug-likeness (QED) is 0.458. The van der Waals surface area contributed by atoms with Gasteiger partial charge in [-0.3, -0.25) is 0 Å². The lowest BCUT2D eigenvalue weighted by molar-refractivity contribution is 0.835. The number of halogens is 1. The highest BCUT2D eigenvalue weighted by molar-refractivity contribution is 6.30. The van der Waals surface area contributed by atoms with Gasteiger partial charge in [0.25, 0.3) is 0 Å². The van der Waals surface area contributed by atoms with Gasteiger partial charge < -0.3 is 9.88 Å². The first kappa shape index (κ1) is 19.0. The van der Waals surface area contributed by atoms with E-state index >= 15 is 0 Å². The third-order valence-electron chi connectivity index (χ3n) is 4.81. The van der Waals surface area contributed by atoms with Crippen LogP contribution in [-0.2, 0) is 0 Å². The second-order valence-corrected chi connectivity index (χ2v) is 7.09. The molecule has 144 valence electrons. The average Bonchev–Trinajstić information content (AvgIpc) is 3.17. The molecule has 4 nitrogen and oxygen atoms in total. The molecule has 0 unspecified atom stereocenters. The fraction of sp³-hybridized carbons (Fsp3) is 0.167. The first-order chi connectivity index (χ1) is 14.2. The van der Waals surface area contributed by atoms with Crippen molar-refractivity contribution in [2.24, 2.45) is 0 Å². The number of aromatic nitrogens is 3. The van der Waals surface area contributed by atoms with E-state index in [1.54, 1.807) is 0 Å². The van der Waals surface area contributed by atoms with E-state index < -0.39 is 0 Å². The minimum Gasteiger partial charge on any atom is -0.343 e. The van der Waals surface area contributed by atoms with Gasteiger partial charge in [0.15, 0.2) is 0 Å². The zero-order valence-corrected chi connectivity index (χ0v) is 17.2. The van der Waals surface area contributed by atoms with Crippen LogP contribution < -0.4 is 4.90 Å². The van der Waals surface area contributed by atoms with E-state index in [-0.39, 0.29) is 0 Å². The molecule has 0 bridgehead atoms. The molecule has 0 radical (unpaired) electrons. The SMILES string of the molecule is CCN(CC)c1nc2ccc(C#Cc3ccc(-c4ccc(Cl)cc4)cn3)cc2[nH]1. The summed E-state index contributed by atoms with van der Waals surface area (Å²) >= 11 is 5.95. The Morgan fingerprint density at radius 1 is 0.931 bits per heavy atom. The maximum Gasteiger partial charge on any atom is 0.203 e. The fourth-order valence-electron chi connectivity index (χ4n) is 3.16. The van der Waals surface area contributed by atoms with E-state index in [4.69, 9.17) is 11.6 Å². The molecule has 0 saturated heterocycles. The predicted molar refractivity (Wildman–Crippen MR) is 120 cm³/mol. The topological polar surface area (TPSA) is 44.8 Å². The molecule has 29 heavy (non-hydrogen) atoms. The van der Waals surface area contributed by atoms with Gasteiger partial charge in [-0.1, -0.05) is 35.7 Å². The van der Waals surface area contributed by atoms with Gasteiger partial charge in [-0.15, -0.1) is 0 Å². The van der Waals surface area contributed by atoms with Crippen molar-refractivity contribution in [1.82, 2.24) is 15.0 Å². The number of aromatic amines is 1. The van der Waals surface area contributed by atoms with Crippen LogP contribution >= 0.6 is 11.6 Å². The van der Waals surface area contributed by atoms with Crippen molar-refractivity contribution in [3.05, 3.63) is 77.1 Å². The smallest absolute Gasteiger partial charge is 0.203 e. The molecule has 0 atom stereocenters. The Labute approximate surface area is 175 Å². The van der Waals surface area contributed by atoms with E-state index in [1.165, 1.54) is 0 Å². The van der Waals surface area contributed by atoms with Crippen LogP contribution in [0.15, 0.2) is 60.8 Å².